The summed E-state index contributed by atoms with van der Waals surface area (Å²) in [6.45, 7) is 4.33. The van der Waals surface area contributed by atoms with E-state index in [9.17, 15) is 14.4 Å². The number of aryl methyl sites for hydroxylation is 1. The van der Waals surface area contributed by atoms with Gasteiger partial charge in [0, 0.05) is 17.9 Å². The summed E-state index contributed by atoms with van der Waals surface area (Å²) in [6.07, 6.45) is 1.70. The number of carbonyl (C=O) groups is 3. The summed E-state index contributed by atoms with van der Waals surface area (Å²) in [7, 11) is 0. The van der Waals surface area contributed by atoms with Crippen LogP contribution in [0.5, 0.6) is 0 Å². The molecule has 3 amide bonds. The number of primary amides is 1. The van der Waals surface area contributed by atoms with E-state index in [1.165, 1.54) is 5.56 Å². The van der Waals surface area contributed by atoms with Crippen molar-refractivity contribution >= 4 is 34.9 Å². The van der Waals surface area contributed by atoms with Crippen LogP contribution in [0.3, 0.4) is 0 Å². The van der Waals surface area contributed by atoms with Crippen molar-refractivity contribution in [2.24, 2.45) is 5.73 Å². The summed E-state index contributed by atoms with van der Waals surface area (Å²) in [5.74, 6) is -1.19. The Morgan fingerprint density at radius 3 is 2.54 bits per heavy atom. The Balaban J connectivity index is 1.88. The number of benzene rings is 1. The normalized spacial score (nSPS) is 15.9. The van der Waals surface area contributed by atoms with Crippen molar-refractivity contribution in [3.63, 3.8) is 0 Å². The lowest BCUT2D eigenvalue weighted by Gasteiger charge is -2.10. The number of rotatable bonds is 5. The average Bonchev–Trinajstić information content (AvgIpc) is 3.00. The van der Waals surface area contributed by atoms with Gasteiger partial charge >= 0.3 is 0 Å². The molecular formula is C19H19N3O3S. The quantitative estimate of drug-likeness (QED) is 0.821. The zero-order valence-electron chi connectivity index (χ0n) is 14.6. The molecule has 1 saturated heterocycles. The van der Waals surface area contributed by atoms with E-state index < -0.39 is 23.6 Å². The highest BCUT2D eigenvalue weighted by Crippen LogP contribution is 2.33. The molecule has 0 bridgehead atoms. The van der Waals surface area contributed by atoms with Crippen LogP contribution in [-0.2, 0) is 16.1 Å². The maximum absolute atomic E-state index is 12.4. The maximum Gasteiger partial charge on any atom is 0.294 e. The second-order valence-corrected chi connectivity index (χ2v) is 7.13. The van der Waals surface area contributed by atoms with Gasteiger partial charge in [-0.15, -0.1) is 0 Å². The molecule has 3 rings (SSSR count). The largest absolute Gasteiger partial charge is 0.368 e. The number of amides is 3. The molecule has 0 spiro atoms. The molecule has 0 radical (unpaired) electrons. The van der Waals surface area contributed by atoms with Crippen molar-refractivity contribution < 1.29 is 14.4 Å². The van der Waals surface area contributed by atoms with Crippen LogP contribution in [0.4, 0.5) is 4.79 Å². The molecule has 0 atom stereocenters. The van der Waals surface area contributed by atoms with Crippen LogP contribution in [0.1, 0.15) is 22.5 Å². The highest BCUT2D eigenvalue weighted by atomic mass is 32.2. The third kappa shape index (κ3) is 3.57. The third-order valence-corrected chi connectivity index (χ3v) is 5.18. The highest BCUT2D eigenvalue weighted by Gasteiger charge is 2.36. The predicted octanol–water partition coefficient (Wildman–Crippen LogP) is 2.67. The van der Waals surface area contributed by atoms with E-state index >= 15 is 0 Å². The van der Waals surface area contributed by atoms with Crippen LogP contribution < -0.4 is 5.73 Å². The molecule has 2 heterocycles. The molecular weight excluding hydrogens is 350 g/mol. The van der Waals surface area contributed by atoms with Gasteiger partial charge in [0.15, 0.2) is 0 Å². The van der Waals surface area contributed by atoms with E-state index in [0.29, 0.717) is 4.91 Å². The minimum atomic E-state index is -0.713. The summed E-state index contributed by atoms with van der Waals surface area (Å²) in [6, 6.07) is 12.1. The lowest BCUT2D eigenvalue weighted by atomic mass is 10.2. The molecule has 0 aliphatic carbocycles. The maximum atomic E-state index is 12.4. The van der Waals surface area contributed by atoms with E-state index in [2.05, 4.69) is 16.7 Å². The fraction of sp³-hybridized carbons (Fsp3) is 0.211. The standard InChI is InChI=1S/C19H19N3O3S/c1-12-8-15(13(2)21(12)10-14-6-4-3-5-7-14)9-16-18(24)22(11-17(20)23)19(25)26-16/h3-9H,10-11H2,1-2H3,(H2,20,23)/b16-9-. The fourth-order valence-electron chi connectivity index (χ4n) is 2.92. The van der Waals surface area contributed by atoms with Gasteiger partial charge in [0.05, 0.1) is 4.91 Å². The van der Waals surface area contributed by atoms with Gasteiger partial charge in [0.25, 0.3) is 11.1 Å². The Labute approximate surface area is 155 Å². The minimum Gasteiger partial charge on any atom is -0.368 e. The number of imide groups is 1. The number of nitrogens with zero attached hydrogens (tertiary/aromatic N) is 2. The molecule has 1 aromatic heterocycles. The number of thioether (sulfide) groups is 1. The van der Waals surface area contributed by atoms with Crippen molar-refractivity contribution in [3.05, 3.63) is 63.8 Å². The van der Waals surface area contributed by atoms with Crippen molar-refractivity contribution in [2.45, 2.75) is 20.4 Å². The van der Waals surface area contributed by atoms with E-state index in [1.807, 2.05) is 38.1 Å². The molecule has 0 saturated carbocycles. The smallest absolute Gasteiger partial charge is 0.294 e. The first-order valence-electron chi connectivity index (χ1n) is 8.11. The monoisotopic (exact) mass is 369 g/mol. The molecule has 6 nitrogen and oxygen atoms in total. The number of hydrogen-bond donors (Lipinski definition) is 1. The highest BCUT2D eigenvalue weighted by molar-refractivity contribution is 8.18. The Morgan fingerprint density at radius 2 is 1.88 bits per heavy atom. The Morgan fingerprint density at radius 1 is 1.19 bits per heavy atom. The van der Waals surface area contributed by atoms with E-state index in [1.54, 1.807) is 6.08 Å². The zero-order chi connectivity index (χ0) is 18.8. The minimum absolute atomic E-state index is 0.302. The van der Waals surface area contributed by atoms with Crippen molar-refractivity contribution in [1.82, 2.24) is 9.47 Å². The van der Waals surface area contributed by atoms with E-state index in [0.717, 1.165) is 40.2 Å². The van der Waals surface area contributed by atoms with Gasteiger partial charge in [-0.05, 0) is 48.9 Å². The van der Waals surface area contributed by atoms with Gasteiger partial charge in [-0.2, -0.15) is 0 Å². The van der Waals surface area contributed by atoms with Crippen LogP contribution in [0, 0.1) is 13.8 Å². The van der Waals surface area contributed by atoms with E-state index in [4.69, 9.17) is 5.73 Å². The SMILES string of the molecule is Cc1cc(/C=C2\SC(=O)N(CC(N)=O)C2=O)c(C)n1Cc1ccccc1. The van der Waals surface area contributed by atoms with Crippen LogP contribution >= 0.6 is 11.8 Å². The van der Waals surface area contributed by atoms with Crippen molar-refractivity contribution in [3.8, 4) is 0 Å². The molecule has 2 N–H and O–H groups in total. The molecule has 26 heavy (non-hydrogen) atoms. The first-order valence-corrected chi connectivity index (χ1v) is 8.93. The summed E-state index contributed by atoms with van der Waals surface area (Å²) < 4.78 is 2.16. The first-order chi connectivity index (χ1) is 12.4. The van der Waals surface area contributed by atoms with E-state index in [-0.39, 0.29) is 0 Å². The van der Waals surface area contributed by atoms with Gasteiger partial charge in [-0.25, -0.2) is 0 Å². The Kier molecular flexibility index (Phi) is 4.99. The van der Waals surface area contributed by atoms with Gasteiger partial charge in [0.2, 0.25) is 5.91 Å². The van der Waals surface area contributed by atoms with Crippen molar-refractivity contribution in [2.75, 3.05) is 6.54 Å². The molecule has 2 aromatic rings. The molecule has 0 unspecified atom stereocenters. The zero-order valence-corrected chi connectivity index (χ0v) is 15.4. The molecule has 134 valence electrons. The summed E-state index contributed by atoms with van der Waals surface area (Å²) >= 11 is 0.828. The van der Waals surface area contributed by atoms with Crippen LogP contribution in [0.25, 0.3) is 6.08 Å². The molecule has 1 aliphatic rings. The number of carbonyl (C=O) groups excluding carboxylic acids is 3. The second kappa shape index (κ2) is 7.21. The predicted molar refractivity (Wildman–Crippen MR) is 101 cm³/mol. The topological polar surface area (TPSA) is 85.4 Å². The number of hydrogen-bond acceptors (Lipinski definition) is 4. The van der Waals surface area contributed by atoms with Crippen LogP contribution in [0.2, 0.25) is 0 Å². The van der Waals surface area contributed by atoms with Crippen LogP contribution in [0.15, 0.2) is 41.3 Å². The molecule has 1 fully saturated rings. The van der Waals surface area contributed by atoms with Gasteiger partial charge in [-0.1, -0.05) is 30.3 Å². The van der Waals surface area contributed by atoms with Crippen molar-refractivity contribution in [1.29, 1.82) is 0 Å². The van der Waals surface area contributed by atoms with Gasteiger partial charge < -0.3 is 10.3 Å². The lowest BCUT2D eigenvalue weighted by Crippen LogP contribution is -2.36. The average molecular weight is 369 g/mol. The Hall–Kier alpha value is -2.80. The first kappa shape index (κ1) is 18.0. The summed E-state index contributed by atoms with van der Waals surface area (Å²) in [5, 5.41) is -0.474. The molecule has 7 heteroatoms. The van der Waals surface area contributed by atoms with Crippen LogP contribution in [-0.4, -0.2) is 33.1 Å². The van der Waals surface area contributed by atoms with Gasteiger partial charge in [-0.3, -0.25) is 19.3 Å². The summed E-state index contributed by atoms with van der Waals surface area (Å²) in [4.78, 5) is 36.5. The Bertz CT molecular complexity index is 916. The molecule has 1 aliphatic heterocycles. The lowest BCUT2D eigenvalue weighted by molar-refractivity contribution is -0.127. The summed E-state index contributed by atoms with van der Waals surface area (Å²) in [5.41, 5.74) is 9.23. The second-order valence-electron chi connectivity index (χ2n) is 6.13. The number of aromatic nitrogens is 1. The third-order valence-electron chi connectivity index (χ3n) is 4.27. The molecule has 1 aromatic carbocycles. The fourth-order valence-corrected chi connectivity index (χ4v) is 3.75. The number of nitrogens with two attached hydrogens (primary N) is 1. The van der Waals surface area contributed by atoms with Gasteiger partial charge in [0.1, 0.15) is 6.54 Å².